The first kappa shape index (κ1) is 10.6. The average molecular weight is 230 g/mol. The van der Waals surface area contributed by atoms with Crippen LogP contribution in [0.4, 0.5) is 5.69 Å². The summed E-state index contributed by atoms with van der Waals surface area (Å²) in [5.41, 5.74) is 2.51. The van der Waals surface area contributed by atoms with Crippen molar-refractivity contribution in [2.24, 2.45) is 0 Å². The Morgan fingerprint density at radius 2 is 2.06 bits per heavy atom. The molecule has 2 aliphatic heterocycles. The van der Waals surface area contributed by atoms with Crippen molar-refractivity contribution in [1.29, 1.82) is 0 Å². The second kappa shape index (κ2) is 4.40. The molecule has 1 amide bonds. The van der Waals surface area contributed by atoms with Gasteiger partial charge in [-0.15, -0.1) is 0 Å². The smallest absolute Gasteiger partial charge is 0.223 e. The summed E-state index contributed by atoms with van der Waals surface area (Å²) < 4.78 is 0. The highest BCUT2D eigenvalue weighted by Gasteiger charge is 2.27. The number of para-hydroxylation sites is 1. The quantitative estimate of drug-likeness (QED) is 0.844. The van der Waals surface area contributed by atoms with Gasteiger partial charge in [0.2, 0.25) is 5.91 Å². The molecule has 3 heteroatoms. The fraction of sp³-hybridized carbons (Fsp3) is 0.500. The lowest BCUT2D eigenvalue weighted by atomic mass is 9.97. The molecule has 0 bridgehead atoms. The maximum Gasteiger partial charge on any atom is 0.223 e. The Hall–Kier alpha value is -1.51. The fourth-order valence-corrected chi connectivity index (χ4v) is 2.85. The molecule has 3 nitrogen and oxygen atoms in total. The van der Waals surface area contributed by atoms with Crippen LogP contribution in [0.15, 0.2) is 24.3 Å². The lowest BCUT2D eigenvalue weighted by molar-refractivity contribution is -0.130. The van der Waals surface area contributed by atoms with Crippen LogP contribution in [0.5, 0.6) is 0 Å². The van der Waals surface area contributed by atoms with Gasteiger partial charge < -0.3 is 10.2 Å². The van der Waals surface area contributed by atoms with Crippen LogP contribution in [0.2, 0.25) is 0 Å². The van der Waals surface area contributed by atoms with Crippen molar-refractivity contribution in [3.8, 4) is 0 Å². The van der Waals surface area contributed by atoms with Gasteiger partial charge in [0.05, 0.1) is 0 Å². The van der Waals surface area contributed by atoms with Crippen LogP contribution in [-0.2, 0) is 4.79 Å². The van der Waals surface area contributed by atoms with Crippen molar-refractivity contribution in [3.63, 3.8) is 0 Å². The first-order valence-electron chi connectivity index (χ1n) is 6.45. The molecule has 1 aromatic rings. The molecule has 3 rings (SSSR count). The second-order valence-corrected chi connectivity index (χ2v) is 4.96. The molecule has 1 aromatic carbocycles. The normalized spacial score (nSPS) is 22.4. The molecule has 0 spiro atoms. The number of hydrogen-bond donors (Lipinski definition) is 1. The van der Waals surface area contributed by atoms with Crippen molar-refractivity contribution in [1.82, 2.24) is 4.90 Å². The van der Waals surface area contributed by atoms with Crippen molar-refractivity contribution in [2.75, 3.05) is 25.0 Å². The minimum atomic E-state index is 0.325. The minimum Gasteiger partial charge on any atom is -0.384 e. The predicted molar refractivity (Wildman–Crippen MR) is 68.1 cm³/mol. The van der Waals surface area contributed by atoms with E-state index in [0.717, 1.165) is 19.6 Å². The van der Waals surface area contributed by atoms with Crippen molar-refractivity contribution in [2.45, 2.75) is 25.2 Å². The van der Waals surface area contributed by atoms with Crippen LogP contribution >= 0.6 is 0 Å². The van der Waals surface area contributed by atoms with Gasteiger partial charge in [0.1, 0.15) is 0 Å². The summed E-state index contributed by atoms with van der Waals surface area (Å²) in [5.74, 6) is 0.685. The molecular formula is C14H18N2O. The molecule has 0 aromatic heterocycles. The molecule has 0 saturated carbocycles. The van der Waals surface area contributed by atoms with Gasteiger partial charge in [0.15, 0.2) is 0 Å². The number of rotatable bonds is 2. The number of carbonyl (C=O) groups is 1. The SMILES string of the molecule is O=C(CC1CNc2ccccc21)N1CCCC1. The van der Waals surface area contributed by atoms with E-state index < -0.39 is 0 Å². The van der Waals surface area contributed by atoms with Crippen LogP contribution in [0, 0.1) is 0 Å². The van der Waals surface area contributed by atoms with Crippen molar-refractivity contribution in [3.05, 3.63) is 29.8 Å². The molecule has 1 saturated heterocycles. The van der Waals surface area contributed by atoms with E-state index in [2.05, 4.69) is 23.5 Å². The Labute approximate surface area is 102 Å². The number of likely N-dealkylation sites (tertiary alicyclic amines) is 1. The molecule has 1 atom stereocenters. The Morgan fingerprint density at radius 1 is 1.29 bits per heavy atom. The molecular weight excluding hydrogens is 212 g/mol. The van der Waals surface area contributed by atoms with Crippen LogP contribution in [-0.4, -0.2) is 30.4 Å². The highest BCUT2D eigenvalue weighted by atomic mass is 16.2. The number of carbonyl (C=O) groups excluding carboxylic acids is 1. The van der Waals surface area contributed by atoms with E-state index in [-0.39, 0.29) is 0 Å². The Morgan fingerprint density at radius 3 is 2.88 bits per heavy atom. The maximum atomic E-state index is 12.1. The Kier molecular flexibility index (Phi) is 2.75. The third kappa shape index (κ3) is 2.02. The van der Waals surface area contributed by atoms with Crippen LogP contribution in [0.3, 0.4) is 0 Å². The number of nitrogens with zero attached hydrogens (tertiary/aromatic N) is 1. The molecule has 0 aliphatic carbocycles. The third-order valence-electron chi connectivity index (χ3n) is 3.82. The van der Waals surface area contributed by atoms with E-state index in [9.17, 15) is 4.79 Å². The summed E-state index contributed by atoms with van der Waals surface area (Å²) >= 11 is 0. The van der Waals surface area contributed by atoms with Crippen LogP contribution in [0.1, 0.15) is 30.7 Å². The number of fused-ring (bicyclic) bond motifs is 1. The topological polar surface area (TPSA) is 32.3 Å². The van der Waals surface area contributed by atoms with E-state index in [4.69, 9.17) is 0 Å². The van der Waals surface area contributed by atoms with E-state index in [1.54, 1.807) is 0 Å². The summed E-state index contributed by atoms with van der Waals surface area (Å²) in [6, 6.07) is 8.32. The van der Waals surface area contributed by atoms with Crippen LogP contribution < -0.4 is 5.32 Å². The van der Waals surface area contributed by atoms with Gasteiger partial charge >= 0.3 is 0 Å². The lowest BCUT2D eigenvalue weighted by Crippen LogP contribution is -2.29. The first-order valence-corrected chi connectivity index (χ1v) is 6.45. The van der Waals surface area contributed by atoms with Gasteiger partial charge in [-0.3, -0.25) is 4.79 Å². The molecule has 2 heterocycles. The van der Waals surface area contributed by atoms with Gasteiger partial charge in [-0.2, -0.15) is 0 Å². The van der Waals surface area contributed by atoms with Gasteiger partial charge in [-0.25, -0.2) is 0 Å². The zero-order valence-electron chi connectivity index (χ0n) is 9.98. The zero-order chi connectivity index (χ0) is 11.7. The lowest BCUT2D eigenvalue weighted by Gasteiger charge is -2.17. The molecule has 1 unspecified atom stereocenters. The number of anilines is 1. The highest BCUT2D eigenvalue weighted by Crippen LogP contribution is 2.33. The summed E-state index contributed by atoms with van der Waals surface area (Å²) in [5, 5.41) is 3.38. The number of nitrogens with one attached hydrogen (secondary N) is 1. The molecule has 17 heavy (non-hydrogen) atoms. The Bertz CT molecular complexity index is 424. The average Bonchev–Trinajstić information content (AvgIpc) is 2.98. The van der Waals surface area contributed by atoms with E-state index in [1.165, 1.54) is 24.1 Å². The van der Waals surface area contributed by atoms with Crippen molar-refractivity contribution >= 4 is 11.6 Å². The minimum absolute atomic E-state index is 0.325. The largest absolute Gasteiger partial charge is 0.384 e. The predicted octanol–water partition coefficient (Wildman–Crippen LogP) is 2.21. The number of amides is 1. The van der Waals surface area contributed by atoms with Crippen molar-refractivity contribution < 1.29 is 4.79 Å². The summed E-state index contributed by atoms with van der Waals surface area (Å²) in [7, 11) is 0. The van der Waals surface area contributed by atoms with Crippen LogP contribution in [0.25, 0.3) is 0 Å². The molecule has 90 valence electrons. The second-order valence-electron chi connectivity index (χ2n) is 4.96. The maximum absolute atomic E-state index is 12.1. The Balaban J connectivity index is 1.68. The van der Waals surface area contributed by atoms with Gasteiger partial charge in [-0.05, 0) is 24.5 Å². The zero-order valence-corrected chi connectivity index (χ0v) is 9.98. The van der Waals surface area contributed by atoms with E-state index >= 15 is 0 Å². The number of benzene rings is 1. The summed E-state index contributed by atoms with van der Waals surface area (Å²) in [4.78, 5) is 14.1. The molecule has 1 fully saturated rings. The third-order valence-corrected chi connectivity index (χ3v) is 3.82. The fourth-order valence-electron chi connectivity index (χ4n) is 2.85. The molecule has 2 aliphatic rings. The first-order chi connectivity index (χ1) is 8.34. The van der Waals surface area contributed by atoms with E-state index in [1.807, 2.05) is 11.0 Å². The monoisotopic (exact) mass is 230 g/mol. The van der Waals surface area contributed by atoms with Gasteiger partial charge in [0.25, 0.3) is 0 Å². The summed E-state index contributed by atoms with van der Waals surface area (Å²) in [6.45, 7) is 2.82. The highest BCUT2D eigenvalue weighted by molar-refractivity contribution is 5.78. The molecule has 0 radical (unpaired) electrons. The standard InChI is InChI=1S/C14H18N2O/c17-14(16-7-3-4-8-16)9-11-10-15-13-6-2-1-5-12(11)13/h1-2,5-6,11,15H,3-4,7-10H2. The van der Waals surface area contributed by atoms with E-state index in [0.29, 0.717) is 18.2 Å². The summed E-state index contributed by atoms with van der Waals surface area (Å²) in [6.07, 6.45) is 3.00. The van der Waals surface area contributed by atoms with Gasteiger partial charge in [0, 0.05) is 37.7 Å². The molecule has 1 N–H and O–H groups in total. The number of hydrogen-bond acceptors (Lipinski definition) is 2. The van der Waals surface area contributed by atoms with Gasteiger partial charge in [-0.1, -0.05) is 18.2 Å².